The van der Waals surface area contributed by atoms with Crippen molar-refractivity contribution in [3.05, 3.63) is 211 Å². The largest absolute Gasteiger partial charge is 0.493 e. The highest BCUT2D eigenvalue weighted by Crippen LogP contribution is 2.40. The molecule has 4 heterocycles. The van der Waals surface area contributed by atoms with Crippen LogP contribution in [0.15, 0.2) is 230 Å². The normalized spacial score (nSPS) is 11.2. The van der Waals surface area contributed by atoms with Crippen molar-refractivity contribution in [2.24, 2.45) is 40.9 Å². The van der Waals surface area contributed by atoms with Crippen molar-refractivity contribution in [3.8, 4) is 23.5 Å². The Bertz CT molecular complexity index is 4420. The molecule has 12 rings (SSSR count). The number of H-pyrrole nitrogens is 4. The van der Waals surface area contributed by atoms with Crippen molar-refractivity contribution in [3.63, 3.8) is 0 Å². The van der Waals surface area contributed by atoms with Crippen LogP contribution in [0.1, 0.15) is 5.56 Å². The summed E-state index contributed by atoms with van der Waals surface area (Å²) in [5, 5.41) is 88.2. The number of fused-ring (bicyclic) bond motifs is 4. The summed E-state index contributed by atoms with van der Waals surface area (Å²) in [6, 6.07) is 51.6. The Balaban J connectivity index is 0.000000144. The fourth-order valence-corrected chi connectivity index (χ4v) is 10.1. The van der Waals surface area contributed by atoms with Gasteiger partial charge in [0.05, 0.1) is 22.1 Å². The molecule has 0 radical (unpaired) electrons. The van der Waals surface area contributed by atoms with Crippen molar-refractivity contribution in [2.75, 3.05) is 21.3 Å². The zero-order valence-corrected chi connectivity index (χ0v) is 56.0. The standard InChI is InChI=1S/C16H13BrN4OS.C15H10BrClN4OS.C15H10BrFN4OS.C15H11ClN4OS/c1-9-2-5-11(6-3-9)18-16(23)21-20-14-12-8-10(17)4-7-13(12)19-15(14)22;2*16-8-1-6-12-11(7-8)13(14(22)19-12)20-21-15(23)18-10-4-2-9(17)3-5-10;16-9-5-7-10(8-6-9)17-15(22)20-19-13-11-3-1-2-4-12(11)18-14(13)21/h2-8,19,22H,1H3,(H,18,23);2*1-7,19,22H,(H,18,23);1-8,18,21H,(H,17,22). The van der Waals surface area contributed by atoms with Gasteiger partial charge in [-0.15, -0.1) is 40.9 Å². The van der Waals surface area contributed by atoms with Gasteiger partial charge in [-0.05, 0) is 201 Å². The fourth-order valence-electron chi connectivity index (χ4n) is 8.14. The van der Waals surface area contributed by atoms with E-state index in [0.717, 1.165) is 74.3 Å². The molecule has 30 heteroatoms. The van der Waals surface area contributed by atoms with Crippen molar-refractivity contribution >= 4 is 229 Å². The Morgan fingerprint density at radius 1 is 0.385 bits per heavy atom. The predicted molar refractivity (Wildman–Crippen MR) is 386 cm³/mol. The van der Waals surface area contributed by atoms with E-state index in [9.17, 15) is 24.8 Å². The first-order valence-electron chi connectivity index (χ1n) is 26.3. The Labute approximate surface area is 572 Å². The van der Waals surface area contributed by atoms with Crippen LogP contribution in [0.25, 0.3) is 43.6 Å². The van der Waals surface area contributed by atoms with E-state index in [-0.39, 0.29) is 49.8 Å². The molecule has 0 spiro atoms. The number of aryl methyl sites for hydroxylation is 1. The van der Waals surface area contributed by atoms with E-state index in [2.05, 4.69) is 130 Å². The van der Waals surface area contributed by atoms with Crippen LogP contribution < -0.4 is 21.3 Å². The number of nitrogens with one attached hydrogen (secondary N) is 8. The second-order valence-electron chi connectivity index (χ2n) is 18.8. The molecule has 0 unspecified atom stereocenters. The number of halogens is 6. The molecule has 0 atom stereocenters. The van der Waals surface area contributed by atoms with Gasteiger partial charge in [0.15, 0.2) is 22.7 Å². The Hall–Kier alpha value is -8.97. The van der Waals surface area contributed by atoms with Gasteiger partial charge in [0.25, 0.3) is 0 Å². The molecular weight excluding hydrogens is 1480 g/mol. The molecule has 20 nitrogen and oxygen atoms in total. The van der Waals surface area contributed by atoms with Gasteiger partial charge >= 0.3 is 0 Å². The highest BCUT2D eigenvalue weighted by Gasteiger charge is 2.15. The van der Waals surface area contributed by atoms with Gasteiger partial charge in [-0.1, -0.05) is 107 Å². The van der Waals surface area contributed by atoms with Crippen LogP contribution in [0.2, 0.25) is 10.0 Å². The summed E-state index contributed by atoms with van der Waals surface area (Å²) in [7, 11) is 0. The number of hydrogen-bond donors (Lipinski definition) is 12. The highest BCUT2D eigenvalue weighted by atomic mass is 79.9. The third-order valence-electron chi connectivity index (χ3n) is 12.4. The summed E-state index contributed by atoms with van der Waals surface area (Å²) in [5.41, 5.74) is 8.51. The lowest BCUT2D eigenvalue weighted by atomic mass is 10.2. The number of thiocarbonyl (C=S) groups is 4. The smallest absolute Gasteiger partial charge is 0.218 e. The summed E-state index contributed by atoms with van der Waals surface area (Å²) in [5.74, 6) is -0.570. The van der Waals surface area contributed by atoms with Crippen LogP contribution in [0.4, 0.5) is 49.9 Å². The lowest BCUT2D eigenvalue weighted by Crippen LogP contribution is -2.04. The molecule has 12 aromatic rings. The molecule has 0 aliphatic heterocycles. The minimum atomic E-state index is -0.336. The number of anilines is 4. The molecular formula is C61H44Br3Cl2FN16O4S4. The first-order chi connectivity index (χ1) is 43.7. The number of hydrogen-bond acceptors (Lipinski definition) is 12. The minimum absolute atomic E-state index is 0.0417. The van der Waals surface area contributed by atoms with Crippen molar-refractivity contribution in [1.29, 1.82) is 0 Å². The molecule has 0 aliphatic carbocycles. The number of aromatic nitrogens is 4. The van der Waals surface area contributed by atoms with Gasteiger partial charge in [0, 0.05) is 67.8 Å². The van der Waals surface area contributed by atoms with Crippen LogP contribution in [0, 0.1) is 12.7 Å². The van der Waals surface area contributed by atoms with Gasteiger partial charge in [0.2, 0.25) is 44.0 Å². The molecule has 4 aromatic heterocycles. The van der Waals surface area contributed by atoms with E-state index in [1.54, 1.807) is 48.5 Å². The van der Waals surface area contributed by atoms with Crippen LogP contribution in [0.3, 0.4) is 0 Å². The Kier molecular flexibility index (Phi) is 22.8. The average Bonchev–Trinajstić information content (AvgIpc) is 2.00. The predicted octanol–water partition coefficient (Wildman–Crippen LogP) is 21.5. The van der Waals surface area contributed by atoms with E-state index in [0.29, 0.717) is 43.9 Å². The molecule has 0 saturated heterocycles. The van der Waals surface area contributed by atoms with E-state index < -0.39 is 0 Å². The zero-order chi connectivity index (χ0) is 64.7. The van der Waals surface area contributed by atoms with E-state index in [1.165, 1.54) is 24.3 Å². The summed E-state index contributed by atoms with van der Waals surface area (Å²) < 4.78 is 15.5. The Morgan fingerprint density at radius 2 is 0.659 bits per heavy atom. The number of nitrogens with zero attached hydrogens (tertiary/aromatic N) is 8. The molecule has 458 valence electrons. The van der Waals surface area contributed by atoms with Gasteiger partial charge in [-0.3, -0.25) is 0 Å². The molecule has 12 N–H and O–H groups in total. The number of aromatic hydroxyl groups is 4. The first-order valence-corrected chi connectivity index (χ1v) is 31.0. The molecule has 0 saturated carbocycles. The SMILES string of the molecule is Cc1ccc(NC(=S)N=Nc2c(O)[nH]c3ccc(Br)cc23)cc1.Oc1[nH]c2ccc(Br)cc2c1N=NC(=S)Nc1ccc(Cl)cc1.Oc1[nH]c2ccc(Br)cc2c1N=NC(=S)Nc1ccc(F)cc1.Oc1[nH]c2ccccc2c1N=NC(=S)Nc1ccc(Cl)cc1. The molecule has 91 heavy (non-hydrogen) atoms. The third-order valence-corrected chi connectivity index (χ3v) is 15.1. The van der Waals surface area contributed by atoms with Crippen LogP contribution in [-0.2, 0) is 0 Å². The lowest BCUT2D eigenvalue weighted by molar-refractivity contribution is 0.459. The van der Waals surface area contributed by atoms with E-state index in [1.807, 2.05) is 110 Å². The quantitative estimate of drug-likeness (QED) is 0.0500. The fraction of sp³-hybridized carbons (Fsp3) is 0.0164. The summed E-state index contributed by atoms with van der Waals surface area (Å²) in [4.78, 5) is 11.3. The molecule has 0 bridgehead atoms. The van der Waals surface area contributed by atoms with Crippen LogP contribution in [0.5, 0.6) is 23.5 Å². The molecule has 0 aliphatic rings. The van der Waals surface area contributed by atoms with Crippen molar-refractivity contribution < 1.29 is 24.8 Å². The number of aromatic amines is 4. The van der Waals surface area contributed by atoms with Crippen molar-refractivity contribution in [1.82, 2.24) is 19.9 Å². The topological polar surface area (TPSA) is 291 Å². The second-order valence-corrected chi connectivity index (χ2v) is 24.0. The number of benzene rings is 8. The third kappa shape index (κ3) is 18.6. The maximum Gasteiger partial charge on any atom is 0.218 e. The van der Waals surface area contributed by atoms with Crippen LogP contribution in [-0.4, -0.2) is 60.8 Å². The van der Waals surface area contributed by atoms with Gasteiger partial charge < -0.3 is 61.6 Å². The zero-order valence-electron chi connectivity index (χ0n) is 46.5. The number of para-hydroxylation sites is 1. The maximum atomic E-state index is 12.8. The maximum absolute atomic E-state index is 12.8. The monoisotopic (exact) mass is 1520 g/mol. The van der Waals surface area contributed by atoms with E-state index in [4.69, 9.17) is 72.1 Å². The summed E-state index contributed by atoms with van der Waals surface area (Å²) >= 11 is 42.3. The molecule has 0 fully saturated rings. The summed E-state index contributed by atoms with van der Waals surface area (Å²) in [6.07, 6.45) is 0. The highest BCUT2D eigenvalue weighted by molar-refractivity contribution is 9.11. The average molecular weight is 1520 g/mol. The van der Waals surface area contributed by atoms with E-state index >= 15 is 0 Å². The van der Waals surface area contributed by atoms with Gasteiger partial charge in [-0.25, -0.2) is 4.39 Å². The van der Waals surface area contributed by atoms with Crippen LogP contribution >= 0.6 is 120 Å². The number of rotatable bonds is 8. The first kappa shape index (κ1) is 66.4. The van der Waals surface area contributed by atoms with Crippen molar-refractivity contribution in [2.45, 2.75) is 6.92 Å². The minimum Gasteiger partial charge on any atom is -0.493 e. The number of azo groups is 4. The lowest BCUT2D eigenvalue weighted by Gasteiger charge is -2.03. The van der Waals surface area contributed by atoms with Gasteiger partial charge in [0.1, 0.15) is 5.82 Å². The molecule has 0 amide bonds. The second kappa shape index (κ2) is 31.2. The van der Waals surface area contributed by atoms with Gasteiger partial charge in [-0.2, -0.15) is 0 Å². The Morgan fingerprint density at radius 3 is 0.989 bits per heavy atom. The summed E-state index contributed by atoms with van der Waals surface area (Å²) in [6.45, 7) is 2.01. The molecule has 8 aromatic carbocycles.